The molecule has 0 fully saturated rings. The van der Waals surface area contributed by atoms with Crippen molar-refractivity contribution in [3.8, 4) is 23.3 Å². The van der Waals surface area contributed by atoms with Gasteiger partial charge in [-0.15, -0.1) is 0 Å². The molecule has 0 aromatic heterocycles. The van der Waals surface area contributed by atoms with Crippen LogP contribution in [0.3, 0.4) is 0 Å². The van der Waals surface area contributed by atoms with Gasteiger partial charge in [-0.25, -0.2) is 0 Å². The molecule has 0 unspecified atom stereocenters. The standard InChI is InChI=1S/C24H18BrN3/c1-28(2)22-13-9-18(10-14-22)17-3-5-19(6-4-17)23(15-26)24(16-27)20-7-11-21(25)12-8-20/h3-14H,1-2H3/b24-23+. The van der Waals surface area contributed by atoms with Crippen molar-refractivity contribution >= 4 is 32.8 Å². The van der Waals surface area contributed by atoms with Gasteiger partial charge in [0.05, 0.1) is 11.1 Å². The van der Waals surface area contributed by atoms with Crippen molar-refractivity contribution in [3.63, 3.8) is 0 Å². The summed E-state index contributed by atoms with van der Waals surface area (Å²) < 4.78 is 0.927. The Morgan fingerprint density at radius 1 is 0.679 bits per heavy atom. The third-order valence-electron chi connectivity index (χ3n) is 4.50. The minimum Gasteiger partial charge on any atom is -0.378 e. The number of nitrogens with zero attached hydrogens (tertiary/aromatic N) is 3. The highest BCUT2D eigenvalue weighted by Crippen LogP contribution is 2.29. The van der Waals surface area contributed by atoms with Gasteiger partial charge in [0.2, 0.25) is 0 Å². The Kier molecular flexibility index (Phi) is 5.94. The van der Waals surface area contributed by atoms with Crippen LogP contribution in [0.25, 0.3) is 22.3 Å². The first-order valence-electron chi connectivity index (χ1n) is 8.72. The molecule has 28 heavy (non-hydrogen) atoms. The summed E-state index contributed by atoms with van der Waals surface area (Å²) in [5, 5.41) is 19.3. The van der Waals surface area contributed by atoms with Crippen molar-refractivity contribution in [2.24, 2.45) is 0 Å². The minimum atomic E-state index is 0.373. The smallest absolute Gasteiger partial charge is 0.101 e. The van der Waals surface area contributed by atoms with E-state index in [9.17, 15) is 10.5 Å². The summed E-state index contributed by atoms with van der Waals surface area (Å²) in [5.41, 5.74) is 5.52. The summed E-state index contributed by atoms with van der Waals surface area (Å²) in [6.07, 6.45) is 0. The number of halogens is 1. The molecule has 0 atom stereocenters. The maximum Gasteiger partial charge on any atom is 0.101 e. The number of hydrogen-bond donors (Lipinski definition) is 0. The van der Waals surface area contributed by atoms with Crippen molar-refractivity contribution < 1.29 is 0 Å². The molecule has 0 aliphatic rings. The summed E-state index contributed by atoms with van der Waals surface area (Å²) in [4.78, 5) is 2.06. The molecule has 0 radical (unpaired) electrons. The molecule has 3 rings (SSSR count). The van der Waals surface area contributed by atoms with E-state index in [4.69, 9.17) is 0 Å². The van der Waals surface area contributed by atoms with E-state index in [1.54, 1.807) is 0 Å². The second-order valence-electron chi connectivity index (χ2n) is 6.50. The number of hydrogen-bond acceptors (Lipinski definition) is 3. The van der Waals surface area contributed by atoms with E-state index >= 15 is 0 Å². The fourth-order valence-corrected chi connectivity index (χ4v) is 3.19. The predicted octanol–water partition coefficient (Wildman–Crippen LogP) is 6.14. The molecule has 3 aromatic carbocycles. The lowest BCUT2D eigenvalue weighted by Gasteiger charge is -2.13. The second kappa shape index (κ2) is 8.57. The van der Waals surface area contributed by atoms with Gasteiger partial charge in [-0.3, -0.25) is 0 Å². The zero-order valence-electron chi connectivity index (χ0n) is 15.6. The van der Waals surface area contributed by atoms with Crippen molar-refractivity contribution in [2.45, 2.75) is 0 Å². The van der Waals surface area contributed by atoms with E-state index in [1.165, 1.54) is 0 Å². The zero-order valence-corrected chi connectivity index (χ0v) is 17.2. The molecule has 0 amide bonds. The highest BCUT2D eigenvalue weighted by Gasteiger charge is 2.12. The Morgan fingerprint density at radius 2 is 1.07 bits per heavy atom. The number of rotatable bonds is 4. The highest BCUT2D eigenvalue weighted by atomic mass is 79.9. The largest absolute Gasteiger partial charge is 0.378 e. The fourth-order valence-electron chi connectivity index (χ4n) is 2.93. The Morgan fingerprint density at radius 3 is 1.46 bits per heavy atom. The van der Waals surface area contributed by atoms with Crippen LogP contribution in [0, 0.1) is 22.7 Å². The molecule has 4 heteroatoms. The van der Waals surface area contributed by atoms with Crippen LogP contribution in [0.2, 0.25) is 0 Å². The molecule has 3 nitrogen and oxygen atoms in total. The van der Waals surface area contributed by atoms with E-state index in [0.717, 1.165) is 32.4 Å². The van der Waals surface area contributed by atoms with Gasteiger partial charge >= 0.3 is 0 Å². The Bertz CT molecular complexity index is 1080. The minimum absolute atomic E-state index is 0.373. The maximum absolute atomic E-state index is 9.69. The SMILES string of the molecule is CN(C)c1ccc(-c2ccc(/C(C#N)=C(\C#N)c3ccc(Br)cc3)cc2)cc1. The van der Waals surface area contributed by atoms with Crippen LogP contribution in [-0.2, 0) is 0 Å². The van der Waals surface area contributed by atoms with Gasteiger partial charge in [0.1, 0.15) is 12.1 Å². The van der Waals surface area contributed by atoms with Gasteiger partial charge in [-0.05, 0) is 46.5 Å². The molecule has 3 aromatic rings. The molecule has 0 aliphatic carbocycles. The number of allylic oxidation sites excluding steroid dienone is 2. The van der Waals surface area contributed by atoms with Crippen LogP contribution in [0.1, 0.15) is 11.1 Å². The molecule has 0 N–H and O–H groups in total. The van der Waals surface area contributed by atoms with E-state index in [1.807, 2.05) is 62.6 Å². The molecule has 0 bridgehead atoms. The monoisotopic (exact) mass is 427 g/mol. The first-order chi connectivity index (χ1) is 13.5. The van der Waals surface area contributed by atoms with E-state index in [-0.39, 0.29) is 0 Å². The molecule has 0 saturated heterocycles. The van der Waals surface area contributed by atoms with Crippen molar-refractivity contribution in [3.05, 3.63) is 88.4 Å². The summed E-state index contributed by atoms with van der Waals surface area (Å²) in [5.74, 6) is 0. The van der Waals surface area contributed by atoms with Crippen LogP contribution in [0.4, 0.5) is 5.69 Å². The van der Waals surface area contributed by atoms with Crippen molar-refractivity contribution in [1.29, 1.82) is 10.5 Å². The molecular formula is C24H18BrN3. The van der Waals surface area contributed by atoms with E-state index < -0.39 is 0 Å². The fraction of sp³-hybridized carbons (Fsp3) is 0.0833. The Labute approximate surface area is 173 Å². The quantitative estimate of drug-likeness (QED) is 0.371. The number of anilines is 1. The molecule has 0 heterocycles. The zero-order chi connectivity index (χ0) is 20.1. The highest BCUT2D eigenvalue weighted by molar-refractivity contribution is 9.10. The Hall–Kier alpha value is -3.34. The third-order valence-corrected chi connectivity index (χ3v) is 5.03. The lowest BCUT2D eigenvalue weighted by atomic mass is 9.95. The van der Waals surface area contributed by atoms with Gasteiger partial charge in [-0.1, -0.05) is 64.5 Å². The summed E-state index contributed by atoms with van der Waals surface area (Å²) in [6, 6.07) is 27.8. The Balaban J connectivity index is 1.97. The van der Waals surface area contributed by atoms with Crippen molar-refractivity contribution in [2.75, 3.05) is 19.0 Å². The summed E-state index contributed by atoms with van der Waals surface area (Å²) >= 11 is 3.39. The van der Waals surface area contributed by atoms with E-state index in [0.29, 0.717) is 11.1 Å². The van der Waals surface area contributed by atoms with Gasteiger partial charge < -0.3 is 4.90 Å². The molecule has 0 aliphatic heterocycles. The molecule has 0 spiro atoms. The van der Waals surface area contributed by atoms with Crippen LogP contribution in [-0.4, -0.2) is 14.1 Å². The van der Waals surface area contributed by atoms with Crippen LogP contribution in [0.15, 0.2) is 77.3 Å². The predicted molar refractivity (Wildman–Crippen MR) is 118 cm³/mol. The topological polar surface area (TPSA) is 50.8 Å². The average molecular weight is 428 g/mol. The van der Waals surface area contributed by atoms with Gasteiger partial charge in [0.25, 0.3) is 0 Å². The maximum atomic E-state index is 9.69. The number of benzene rings is 3. The molecule has 136 valence electrons. The molecule has 0 saturated carbocycles. The second-order valence-corrected chi connectivity index (χ2v) is 7.41. The first-order valence-corrected chi connectivity index (χ1v) is 9.51. The van der Waals surface area contributed by atoms with Gasteiger partial charge in [-0.2, -0.15) is 10.5 Å². The normalized spacial score (nSPS) is 11.2. The van der Waals surface area contributed by atoms with Crippen LogP contribution in [0.5, 0.6) is 0 Å². The lowest BCUT2D eigenvalue weighted by Crippen LogP contribution is -2.07. The summed E-state index contributed by atoms with van der Waals surface area (Å²) in [7, 11) is 4.02. The van der Waals surface area contributed by atoms with E-state index in [2.05, 4.69) is 57.2 Å². The third kappa shape index (κ3) is 4.14. The van der Waals surface area contributed by atoms with Crippen LogP contribution >= 0.6 is 15.9 Å². The lowest BCUT2D eigenvalue weighted by molar-refractivity contribution is 1.13. The van der Waals surface area contributed by atoms with Gasteiger partial charge in [0.15, 0.2) is 0 Å². The average Bonchev–Trinajstić information content (AvgIpc) is 2.73. The summed E-state index contributed by atoms with van der Waals surface area (Å²) in [6.45, 7) is 0. The van der Waals surface area contributed by atoms with Crippen LogP contribution < -0.4 is 4.90 Å². The first kappa shape index (κ1) is 19.4. The molecular weight excluding hydrogens is 410 g/mol. The van der Waals surface area contributed by atoms with Crippen molar-refractivity contribution in [1.82, 2.24) is 0 Å². The van der Waals surface area contributed by atoms with Gasteiger partial charge in [0, 0.05) is 24.3 Å². The number of nitriles is 2.